The van der Waals surface area contributed by atoms with E-state index in [-0.39, 0.29) is 0 Å². The number of carbonyl (C=O) groups is 1. The summed E-state index contributed by atoms with van der Waals surface area (Å²) in [6.45, 7) is 14.3. The van der Waals surface area contributed by atoms with Gasteiger partial charge in [0.1, 0.15) is 0 Å². The minimum Gasteiger partial charge on any atom is -0.417 e. The summed E-state index contributed by atoms with van der Waals surface area (Å²) < 4.78 is 5.73. The molecule has 1 heterocycles. The standard InChI is InChI=1S/C8H20OSi.C5H5NO/c1-7-9-10(5,6)8(2,3)4;7-4-5-2-1-3-6-5/h7H2,1-6H3;1-4,6H. The van der Waals surface area contributed by atoms with Crippen LogP contribution < -0.4 is 0 Å². The SMILES string of the molecule is CCO[Si](C)(C)C(C)(C)C.O=Cc1ccc[nH]1. The number of hydrogen-bond acceptors (Lipinski definition) is 2. The van der Waals surface area contributed by atoms with Crippen molar-refractivity contribution in [3.8, 4) is 0 Å². The van der Waals surface area contributed by atoms with E-state index >= 15 is 0 Å². The quantitative estimate of drug-likeness (QED) is 0.658. The van der Waals surface area contributed by atoms with Crippen LogP contribution in [0.1, 0.15) is 38.2 Å². The molecule has 0 bridgehead atoms. The summed E-state index contributed by atoms with van der Waals surface area (Å²) in [6.07, 6.45) is 2.49. The molecule has 17 heavy (non-hydrogen) atoms. The van der Waals surface area contributed by atoms with Gasteiger partial charge in [-0.15, -0.1) is 0 Å². The lowest BCUT2D eigenvalue weighted by Crippen LogP contribution is -2.40. The highest BCUT2D eigenvalue weighted by Crippen LogP contribution is 2.36. The summed E-state index contributed by atoms with van der Waals surface area (Å²) in [6, 6.07) is 3.50. The number of rotatable bonds is 3. The molecule has 0 amide bonds. The van der Waals surface area contributed by atoms with Gasteiger partial charge in [0.25, 0.3) is 0 Å². The van der Waals surface area contributed by atoms with E-state index in [2.05, 4.69) is 45.8 Å². The fraction of sp³-hybridized carbons (Fsp3) is 0.615. The molecule has 98 valence electrons. The van der Waals surface area contributed by atoms with Crippen LogP contribution in [0.15, 0.2) is 18.3 Å². The number of nitrogens with one attached hydrogen (secondary N) is 1. The van der Waals surface area contributed by atoms with Gasteiger partial charge in [-0.2, -0.15) is 0 Å². The lowest BCUT2D eigenvalue weighted by atomic mass is 10.2. The van der Waals surface area contributed by atoms with Gasteiger partial charge >= 0.3 is 0 Å². The van der Waals surface area contributed by atoms with Gasteiger partial charge in [0.05, 0.1) is 5.69 Å². The Bertz CT molecular complexity index is 313. The topological polar surface area (TPSA) is 42.1 Å². The summed E-state index contributed by atoms with van der Waals surface area (Å²) in [5.74, 6) is 0. The van der Waals surface area contributed by atoms with Crippen molar-refractivity contribution < 1.29 is 9.22 Å². The van der Waals surface area contributed by atoms with Crippen LogP contribution in [0, 0.1) is 0 Å². The minimum atomic E-state index is -1.40. The third-order valence-corrected chi connectivity index (χ3v) is 7.68. The molecule has 0 atom stereocenters. The van der Waals surface area contributed by atoms with Gasteiger partial charge in [-0.05, 0) is 37.2 Å². The molecule has 0 aromatic carbocycles. The van der Waals surface area contributed by atoms with E-state index in [1.807, 2.05) is 0 Å². The molecule has 1 rings (SSSR count). The minimum absolute atomic E-state index is 0.364. The number of H-pyrrole nitrogens is 1. The average Bonchev–Trinajstić information content (AvgIpc) is 2.69. The Balaban J connectivity index is 0.000000318. The Kier molecular flexibility index (Phi) is 6.42. The first-order valence-electron chi connectivity index (χ1n) is 5.97. The second kappa shape index (κ2) is 6.76. The maximum Gasteiger partial charge on any atom is 0.191 e. The van der Waals surface area contributed by atoms with Gasteiger partial charge in [-0.1, -0.05) is 20.8 Å². The number of carbonyl (C=O) groups excluding carboxylic acids is 1. The highest BCUT2D eigenvalue weighted by atomic mass is 28.4. The zero-order chi connectivity index (χ0) is 13.5. The van der Waals surface area contributed by atoms with Crippen molar-refractivity contribution in [2.75, 3.05) is 6.61 Å². The lowest BCUT2D eigenvalue weighted by molar-refractivity contribution is 0.111. The molecule has 1 aromatic rings. The Morgan fingerprint density at radius 1 is 1.41 bits per heavy atom. The van der Waals surface area contributed by atoms with Crippen LogP contribution in [0.4, 0.5) is 0 Å². The highest BCUT2D eigenvalue weighted by molar-refractivity contribution is 6.74. The Hall–Kier alpha value is -0.873. The largest absolute Gasteiger partial charge is 0.417 e. The summed E-state index contributed by atoms with van der Waals surface area (Å²) >= 11 is 0. The molecule has 0 fully saturated rings. The van der Waals surface area contributed by atoms with Crippen molar-refractivity contribution in [3.63, 3.8) is 0 Å². The van der Waals surface area contributed by atoms with Crippen LogP contribution >= 0.6 is 0 Å². The summed E-state index contributed by atoms with van der Waals surface area (Å²) in [4.78, 5) is 12.6. The molecule has 1 N–H and O–H groups in total. The number of hydrogen-bond donors (Lipinski definition) is 1. The fourth-order valence-electron chi connectivity index (χ4n) is 0.995. The number of aromatic amines is 1. The van der Waals surface area contributed by atoms with E-state index in [9.17, 15) is 4.79 Å². The molecular weight excluding hydrogens is 230 g/mol. The Morgan fingerprint density at radius 3 is 2.18 bits per heavy atom. The first kappa shape index (κ1) is 16.1. The normalized spacial score (nSPS) is 11.6. The molecule has 0 spiro atoms. The molecular formula is C13H25NO2Si. The number of aldehydes is 1. The first-order valence-corrected chi connectivity index (χ1v) is 8.88. The molecule has 0 radical (unpaired) electrons. The lowest BCUT2D eigenvalue weighted by Gasteiger charge is -2.35. The second-order valence-corrected chi connectivity index (χ2v) is 10.2. The van der Waals surface area contributed by atoms with Gasteiger partial charge in [-0.3, -0.25) is 4.79 Å². The molecule has 0 aliphatic heterocycles. The molecule has 0 saturated carbocycles. The van der Waals surface area contributed by atoms with Crippen LogP contribution in [0.5, 0.6) is 0 Å². The van der Waals surface area contributed by atoms with Crippen LogP contribution in [0.2, 0.25) is 18.1 Å². The fourth-order valence-corrected chi connectivity index (χ4v) is 2.15. The maximum atomic E-state index is 9.84. The molecule has 4 heteroatoms. The Labute approximate surface area is 106 Å². The van der Waals surface area contributed by atoms with Crippen molar-refractivity contribution in [1.29, 1.82) is 0 Å². The summed E-state index contributed by atoms with van der Waals surface area (Å²) in [7, 11) is -1.40. The van der Waals surface area contributed by atoms with Crippen molar-refractivity contribution >= 4 is 14.6 Å². The summed E-state index contributed by atoms with van der Waals surface area (Å²) in [5, 5.41) is 0.364. The van der Waals surface area contributed by atoms with E-state index < -0.39 is 8.32 Å². The smallest absolute Gasteiger partial charge is 0.191 e. The van der Waals surface area contributed by atoms with E-state index in [1.165, 1.54) is 0 Å². The predicted octanol–water partition coefficient (Wildman–Crippen LogP) is 3.86. The van der Waals surface area contributed by atoms with E-state index in [0.717, 1.165) is 12.9 Å². The van der Waals surface area contributed by atoms with Crippen LogP contribution in [-0.4, -0.2) is 26.2 Å². The monoisotopic (exact) mass is 255 g/mol. The molecule has 0 unspecified atom stereocenters. The third kappa shape index (κ3) is 5.84. The molecule has 0 saturated heterocycles. The second-order valence-electron chi connectivity index (χ2n) is 5.44. The third-order valence-electron chi connectivity index (χ3n) is 3.06. The van der Waals surface area contributed by atoms with E-state index in [4.69, 9.17) is 4.43 Å². The average molecular weight is 255 g/mol. The molecule has 3 nitrogen and oxygen atoms in total. The van der Waals surface area contributed by atoms with Gasteiger partial charge in [0.2, 0.25) is 0 Å². The molecule has 0 aliphatic rings. The van der Waals surface area contributed by atoms with Crippen molar-refractivity contribution in [3.05, 3.63) is 24.0 Å². The van der Waals surface area contributed by atoms with Crippen molar-refractivity contribution in [2.24, 2.45) is 0 Å². The number of aromatic nitrogens is 1. The zero-order valence-corrected chi connectivity index (χ0v) is 12.8. The molecule has 1 aromatic heterocycles. The van der Waals surface area contributed by atoms with Gasteiger partial charge in [-0.25, -0.2) is 0 Å². The van der Waals surface area contributed by atoms with Crippen LogP contribution in [0.25, 0.3) is 0 Å². The predicted molar refractivity (Wildman–Crippen MR) is 75.0 cm³/mol. The highest BCUT2D eigenvalue weighted by Gasteiger charge is 2.36. The molecule has 0 aliphatic carbocycles. The van der Waals surface area contributed by atoms with Crippen LogP contribution in [0.3, 0.4) is 0 Å². The maximum absolute atomic E-state index is 9.84. The van der Waals surface area contributed by atoms with Crippen molar-refractivity contribution in [1.82, 2.24) is 4.98 Å². The summed E-state index contributed by atoms with van der Waals surface area (Å²) in [5.41, 5.74) is 0.625. The van der Waals surface area contributed by atoms with Crippen LogP contribution in [-0.2, 0) is 4.43 Å². The van der Waals surface area contributed by atoms with Gasteiger partial charge in [0.15, 0.2) is 14.6 Å². The van der Waals surface area contributed by atoms with E-state index in [0.29, 0.717) is 10.7 Å². The van der Waals surface area contributed by atoms with E-state index in [1.54, 1.807) is 18.3 Å². The first-order chi connectivity index (χ1) is 7.74. The van der Waals surface area contributed by atoms with Gasteiger partial charge < -0.3 is 9.41 Å². The van der Waals surface area contributed by atoms with Crippen molar-refractivity contribution in [2.45, 2.75) is 45.8 Å². The zero-order valence-electron chi connectivity index (χ0n) is 11.8. The van der Waals surface area contributed by atoms with Gasteiger partial charge in [0, 0.05) is 12.8 Å². The Morgan fingerprint density at radius 2 is 2.00 bits per heavy atom.